The van der Waals surface area contributed by atoms with Gasteiger partial charge in [-0.2, -0.15) is 0 Å². The third-order valence-electron chi connectivity index (χ3n) is 2.04. The zero-order valence-electron chi connectivity index (χ0n) is 10.6. The second kappa shape index (κ2) is 6.95. The van der Waals surface area contributed by atoms with Gasteiger partial charge in [0.25, 0.3) is 5.88 Å². The molecule has 1 rings (SSSR count). The Balaban J connectivity index is 3.13. The van der Waals surface area contributed by atoms with Crippen molar-refractivity contribution in [3.05, 3.63) is 15.3 Å². The molecule has 9 heteroatoms. The summed E-state index contributed by atoms with van der Waals surface area (Å²) in [5.74, 6) is -1.55. The number of hydrogen-bond acceptors (Lipinski definition) is 5. The van der Waals surface area contributed by atoms with Crippen LogP contribution < -0.4 is 9.47 Å². The molecule has 0 unspecified atom stereocenters. The molecule has 0 fully saturated rings. The van der Waals surface area contributed by atoms with Crippen LogP contribution in [0.2, 0.25) is 0 Å². The maximum atomic E-state index is 12.3. The highest BCUT2D eigenvalue weighted by Gasteiger charge is 2.34. The average Bonchev–Trinajstić information content (AvgIpc) is 2.26. The van der Waals surface area contributed by atoms with E-state index in [1.807, 2.05) is 0 Å². The van der Waals surface area contributed by atoms with Crippen molar-refractivity contribution in [3.8, 4) is 11.6 Å². The molecule has 112 valence electrons. The Labute approximate surface area is 126 Å². The van der Waals surface area contributed by atoms with Gasteiger partial charge in [-0.3, -0.25) is 4.79 Å². The van der Waals surface area contributed by atoms with Gasteiger partial charge in [0.2, 0.25) is 0 Å². The van der Waals surface area contributed by atoms with Crippen LogP contribution in [0.25, 0.3) is 0 Å². The van der Waals surface area contributed by atoms with Gasteiger partial charge in [-0.05, 0) is 35.6 Å². The third kappa shape index (κ3) is 5.02. The SMILES string of the molecule is CCOC(=O)Cc1cc(I)nc(OC(F)(F)F)c1OC. The summed E-state index contributed by atoms with van der Waals surface area (Å²) in [6, 6.07) is 1.43. The van der Waals surface area contributed by atoms with Crippen molar-refractivity contribution in [2.24, 2.45) is 0 Å². The Bertz CT molecular complexity index is 493. The standard InChI is InChI=1S/C11H11F3INO4/c1-3-19-8(17)5-6-4-7(15)16-10(9(6)18-2)20-11(12,13)14/h4H,3,5H2,1-2H3. The minimum absolute atomic E-state index is 0.176. The lowest BCUT2D eigenvalue weighted by molar-refractivity contribution is -0.276. The molecule has 20 heavy (non-hydrogen) atoms. The van der Waals surface area contributed by atoms with E-state index in [9.17, 15) is 18.0 Å². The lowest BCUT2D eigenvalue weighted by atomic mass is 10.2. The molecule has 0 aliphatic heterocycles. The molecule has 1 aromatic rings. The molecule has 0 aromatic carbocycles. The van der Waals surface area contributed by atoms with E-state index in [-0.39, 0.29) is 28.0 Å². The summed E-state index contributed by atoms with van der Waals surface area (Å²) in [4.78, 5) is 15.0. The number of carbonyl (C=O) groups excluding carboxylic acids is 1. The number of rotatable bonds is 5. The predicted molar refractivity (Wildman–Crippen MR) is 70.5 cm³/mol. The molecule has 0 bridgehead atoms. The van der Waals surface area contributed by atoms with Crippen molar-refractivity contribution < 1.29 is 32.2 Å². The van der Waals surface area contributed by atoms with E-state index >= 15 is 0 Å². The molecule has 0 aliphatic rings. The summed E-state index contributed by atoms with van der Waals surface area (Å²) in [7, 11) is 1.17. The normalized spacial score (nSPS) is 11.1. The van der Waals surface area contributed by atoms with Crippen molar-refractivity contribution in [2.75, 3.05) is 13.7 Å². The molecule has 0 amide bonds. The van der Waals surface area contributed by atoms with E-state index in [0.29, 0.717) is 0 Å². The van der Waals surface area contributed by atoms with Crippen molar-refractivity contribution in [1.29, 1.82) is 0 Å². The van der Waals surface area contributed by atoms with Gasteiger partial charge in [0.15, 0.2) is 5.75 Å². The van der Waals surface area contributed by atoms with Crippen LogP contribution in [0.3, 0.4) is 0 Å². The highest BCUT2D eigenvalue weighted by molar-refractivity contribution is 14.1. The van der Waals surface area contributed by atoms with Crippen LogP contribution >= 0.6 is 22.6 Å². The summed E-state index contributed by atoms with van der Waals surface area (Å²) < 4.78 is 50.5. The third-order valence-corrected chi connectivity index (χ3v) is 2.60. The summed E-state index contributed by atoms with van der Waals surface area (Å²) in [5.41, 5.74) is 0.213. The van der Waals surface area contributed by atoms with Crippen LogP contribution in [0, 0.1) is 3.70 Å². The van der Waals surface area contributed by atoms with Crippen LogP contribution in [0.15, 0.2) is 6.07 Å². The number of carbonyl (C=O) groups is 1. The Morgan fingerprint density at radius 2 is 2.10 bits per heavy atom. The van der Waals surface area contributed by atoms with Gasteiger partial charge in [-0.1, -0.05) is 0 Å². The maximum Gasteiger partial charge on any atom is 0.574 e. The maximum absolute atomic E-state index is 12.3. The highest BCUT2D eigenvalue weighted by atomic mass is 127. The van der Waals surface area contributed by atoms with Gasteiger partial charge in [0.05, 0.1) is 20.1 Å². The molecule has 0 N–H and O–H groups in total. The first-order valence-electron chi connectivity index (χ1n) is 5.41. The predicted octanol–water partition coefficient (Wildman–Crippen LogP) is 2.70. The number of methoxy groups -OCH3 is 1. The second-order valence-corrected chi connectivity index (χ2v) is 4.58. The molecular weight excluding hydrogens is 394 g/mol. The highest BCUT2D eigenvalue weighted by Crippen LogP contribution is 2.34. The van der Waals surface area contributed by atoms with E-state index in [0.717, 1.165) is 0 Å². The van der Waals surface area contributed by atoms with Crippen LogP contribution in [-0.4, -0.2) is 31.0 Å². The van der Waals surface area contributed by atoms with E-state index in [2.05, 4.69) is 9.72 Å². The number of alkyl halides is 3. The fourth-order valence-corrected chi connectivity index (χ4v) is 2.02. The fourth-order valence-electron chi connectivity index (χ4n) is 1.42. The molecule has 5 nitrogen and oxygen atoms in total. The Hall–Kier alpha value is -1.26. The van der Waals surface area contributed by atoms with Crippen molar-refractivity contribution >= 4 is 28.6 Å². The van der Waals surface area contributed by atoms with Crippen LogP contribution in [0.4, 0.5) is 13.2 Å². The lowest BCUT2D eigenvalue weighted by Gasteiger charge is -2.14. The monoisotopic (exact) mass is 405 g/mol. The molecule has 0 aliphatic carbocycles. The number of halogens is 4. The molecule has 0 radical (unpaired) electrons. The topological polar surface area (TPSA) is 57.7 Å². The van der Waals surface area contributed by atoms with Gasteiger partial charge < -0.3 is 14.2 Å². The van der Waals surface area contributed by atoms with Crippen molar-refractivity contribution in [2.45, 2.75) is 19.7 Å². The van der Waals surface area contributed by atoms with Crippen LogP contribution in [0.1, 0.15) is 12.5 Å². The molecular formula is C11H11F3INO4. The van der Waals surface area contributed by atoms with Crippen LogP contribution in [0.5, 0.6) is 11.6 Å². The number of pyridine rings is 1. The van der Waals surface area contributed by atoms with E-state index in [1.165, 1.54) is 13.2 Å². The summed E-state index contributed by atoms with van der Waals surface area (Å²) in [6.45, 7) is 1.80. The summed E-state index contributed by atoms with van der Waals surface area (Å²) in [6.07, 6.45) is -5.13. The van der Waals surface area contributed by atoms with Crippen LogP contribution in [-0.2, 0) is 16.0 Å². The van der Waals surface area contributed by atoms with Crippen molar-refractivity contribution in [1.82, 2.24) is 4.98 Å². The van der Waals surface area contributed by atoms with E-state index in [1.54, 1.807) is 29.5 Å². The average molecular weight is 405 g/mol. The number of ether oxygens (including phenoxy) is 3. The summed E-state index contributed by atoms with van der Waals surface area (Å²) in [5, 5.41) is 0. The Kier molecular flexibility index (Phi) is 5.84. The van der Waals surface area contributed by atoms with E-state index in [4.69, 9.17) is 9.47 Å². The van der Waals surface area contributed by atoms with Gasteiger partial charge >= 0.3 is 12.3 Å². The molecule has 1 aromatic heterocycles. The first-order valence-corrected chi connectivity index (χ1v) is 6.49. The number of esters is 1. The Morgan fingerprint density at radius 1 is 1.45 bits per heavy atom. The minimum Gasteiger partial charge on any atom is -0.491 e. The quantitative estimate of drug-likeness (QED) is 0.429. The zero-order chi connectivity index (χ0) is 15.3. The molecule has 1 heterocycles. The minimum atomic E-state index is -4.90. The second-order valence-electron chi connectivity index (χ2n) is 3.47. The Morgan fingerprint density at radius 3 is 2.60 bits per heavy atom. The van der Waals surface area contributed by atoms with Crippen molar-refractivity contribution in [3.63, 3.8) is 0 Å². The van der Waals surface area contributed by atoms with Gasteiger partial charge in [0.1, 0.15) is 3.70 Å². The van der Waals surface area contributed by atoms with Gasteiger partial charge in [-0.25, -0.2) is 4.98 Å². The zero-order valence-corrected chi connectivity index (χ0v) is 12.7. The number of hydrogen-bond donors (Lipinski definition) is 0. The van der Waals surface area contributed by atoms with E-state index < -0.39 is 18.2 Å². The number of nitrogens with zero attached hydrogens (tertiary/aromatic N) is 1. The first kappa shape index (κ1) is 16.8. The first-order chi connectivity index (χ1) is 9.26. The number of aromatic nitrogens is 1. The molecule has 0 saturated carbocycles. The van der Waals surface area contributed by atoms with Gasteiger partial charge in [-0.15, -0.1) is 13.2 Å². The lowest BCUT2D eigenvalue weighted by Crippen LogP contribution is -2.19. The smallest absolute Gasteiger partial charge is 0.491 e. The molecule has 0 spiro atoms. The largest absolute Gasteiger partial charge is 0.574 e. The molecule has 0 atom stereocenters. The summed E-state index contributed by atoms with van der Waals surface area (Å²) >= 11 is 1.72. The molecule has 0 saturated heterocycles. The van der Waals surface area contributed by atoms with Gasteiger partial charge in [0, 0.05) is 5.56 Å². The fraction of sp³-hybridized carbons (Fsp3) is 0.455.